The molecule has 0 atom stereocenters. The lowest BCUT2D eigenvalue weighted by molar-refractivity contribution is -0.118. The number of anilines is 1. The minimum absolute atomic E-state index is 0.125. The lowest BCUT2D eigenvalue weighted by atomic mass is 10.2. The summed E-state index contributed by atoms with van der Waals surface area (Å²) in [6.07, 6.45) is 1.80. The minimum atomic E-state index is -3.44. The molecule has 0 spiro atoms. The van der Waals surface area contributed by atoms with Crippen LogP contribution in [0.1, 0.15) is 12.8 Å². The first-order valence-corrected chi connectivity index (χ1v) is 12.8. The van der Waals surface area contributed by atoms with E-state index in [-0.39, 0.29) is 17.4 Å². The van der Waals surface area contributed by atoms with Crippen LogP contribution in [0.3, 0.4) is 0 Å². The molecule has 1 aromatic heterocycles. The minimum Gasteiger partial charge on any atom is -0.484 e. The van der Waals surface area contributed by atoms with Crippen LogP contribution in [0.5, 0.6) is 5.75 Å². The van der Waals surface area contributed by atoms with Crippen LogP contribution in [0.2, 0.25) is 0 Å². The van der Waals surface area contributed by atoms with E-state index in [1.54, 1.807) is 36.4 Å². The molecule has 0 bridgehead atoms. The van der Waals surface area contributed by atoms with Crippen molar-refractivity contribution in [1.29, 1.82) is 0 Å². The number of ether oxygens (including phenoxy) is 1. The fourth-order valence-corrected chi connectivity index (χ4v) is 5.69. The van der Waals surface area contributed by atoms with Gasteiger partial charge in [-0.15, -0.1) is 11.3 Å². The fourth-order valence-electron chi connectivity index (χ4n) is 3.17. The Labute approximate surface area is 193 Å². The Bertz CT molecular complexity index is 1160. The molecule has 0 unspecified atom stereocenters. The van der Waals surface area contributed by atoms with Crippen molar-refractivity contribution in [3.63, 3.8) is 0 Å². The smallest absolute Gasteiger partial charge is 0.264 e. The normalized spacial score (nSPS) is 14.5. The van der Waals surface area contributed by atoms with Crippen LogP contribution in [-0.4, -0.2) is 43.3 Å². The van der Waals surface area contributed by atoms with E-state index in [4.69, 9.17) is 4.74 Å². The van der Waals surface area contributed by atoms with Crippen LogP contribution < -0.4 is 10.1 Å². The maximum atomic E-state index is 12.6. The van der Waals surface area contributed by atoms with Crippen molar-refractivity contribution in [2.24, 2.45) is 0 Å². The monoisotopic (exact) mass is 521 g/mol. The molecular formula is C21H20BrN3O4S2. The standard InChI is InChI=1S/C21H20BrN3O4S2/c22-16-5-7-17(8-6-16)29-13-20(26)24-21-23-19(14-30-21)15-3-9-18(10-4-15)31(27,28)25-11-1-2-12-25/h3-10,14H,1-2,11-13H2,(H,23,24,26). The number of aromatic nitrogens is 1. The molecule has 7 nitrogen and oxygen atoms in total. The van der Waals surface area contributed by atoms with E-state index in [0.717, 1.165) is 22.9 Å². The van der Waals surface area contributed by atoms with Gasteiger partial charge >= 0.3 is 0 Å². The molecule has 0 saturated carbocycles. The highest BCUT2D eigenvalue weighted by Crippen LogP contribution is 2.27. The Balaban J connectivity index is 1.37. The zero-order valence-electron chi connectivity index (χ0n) is 16.5. The molecule has 1 amide bonds. The summed E-state index contributed by atoms with van der Waals surface area (Å²) >= 11 is 4.64. The largest absolute Gasteiger partial charge is 0.484 e. The third-order valence-corrected chi connectivity index (χ3v) is 7.99. The van der Waals surface area contributed by atoms with E-state index < -0.39 is 10.0 Å². The molecule has 162 valence electrons. The fraction of sp³-hybridized carbons (Fsp3) is 0.238. The van der Waals surface area contributed by atoms with Crippen LogP contribution >= 0.6 is 27.3 Å². The molecule has 1 aliphatic rings. The van der Waals surface area contributed by atoms with E-state index in [2.05, 4.69) is 26.2 Å². The summed E-state index contributed by atoms with van der Waals surface area (Å²) in [5.41, 5.74) is 1.45. The Kier molecular flexibility index (Phi) is 6.71. The summed E-state index contributed by atoms with van der Waals surface area (Å²) in [5.74, 6) is 0.290. The highest BCUT2D eigenvalue weighted by atomic mass is 79.9. The van der Waals surface area contributed by atoms with Gasteiger partial charge in [0, 0.05) is 28.5 Å². The number of sulfonamides is 1. The quantitative estimate of drug-likeness (QED) is 0.498. The van der Waals surface area contributed by atoms with Crippen molar-refractivity contribution in [3.8, 4) is 17.0 Å². The zero-order valence-corrected chi connectivity index (χ0v) is 19.7. The van der Waals surface area contributed by atoms with Gasteiger partial charge in [0.25, 0.3) is 5.91 Å². The number of carbonyl (C=O) groups is 1. The van der Waals surface area contributed by atoms with Crippen molar-refractivity contribution < 1.29 is 17.9 Å². The number of nitrogens with zero attached hydrogens (tertiary/aromatic N) is 2. The van der Waals surface area contributed by atoms with Crippen LogP contribution in [0.25, 0.3) is 11.3 Å². The maximum absolute atomic E-state index is 12.6. The molecule has 31 heavy (non-hydrogen) atoms. The van der Waals surface area contributed by atoms with E-state index in [1.165, 1.54) is 15.6 Å². The third-order valence-electron chi connectivity index (χ3n) is 4.79. The molecule has 1 saturated heterocycles. The Morgan fingerprint density at radius 1 is 1.10 bits per heavy atom. The number of hydrogen-bond acceptors (Lipinski definition) is 6. The second-order valence-electron chi connectivity index (χ2n) is 6.96. The number of rotatable bonds is 7. The van der Waals surface area contributed by atoms with Crippen LogP contribution in [-0.2, 0) is 14.8 Å². The molecule has 1 aliphatic heterocycles. The molecule has 0 radical (unpaired) electrons. The summed E-state index contributed by atoms with van der Waals surface area (Å²) < 4.78 is 33.2. The van der Waals surface area contributed by atoms with Crippen molar-refractivity contribution >= 4 is 48.3 Å². The predicted molar refractivity (Wildman–Crippen MR) is 124 cm³/mol. The first kappa shape index (κ1) is 21.9. The molecule has 1 N–H and O–H groups in total. The van der Waals surface area contributed by atoms with Crippen molar-refractivity contribution in [2.45, 2.75) is 17.7 Å². The Morgan fingerprint density at radius 2 is 1.77 bits per heavy atom. The second kappa shape index (κ2) is 9.47. The van der Waals surface area contributed by atoms with Gasteiger partial charge in [-0.05, 0) is 49.2 Å². The lowest BCUT2D eigenvalue weighted by Gasteiger charge is -2.15. The number of thiazole rings is 1. The van der Waals surface area contributed by atoms with Gasteiger partial charge in [0.2, 0.25) is 10.0 Å². The van der Waals surface area contributed by atoms with E-state index in [1.807, 2.05) is 17.5 Å². The molecule has 3 aromatic rings. The third kappa shape index (κ3) is 5.32. The van der Waals surface area contributed by atoms with Gasteiger partial charge in [-0.2, -0.15) is 4.31 Å². The van der Waals surface area contributed by atoms with Gasteiger partial charge in [-0.25, -0.2) is 13.4 Å². The molecule has 0 aliphatic carbocycles. The van der Waals surface area contributed by atoms with Crippen molar-refractivity contribution in [3.05, 3.63) is 58.4 Å². The van der Waals surface area contributed by atoms with Gasteiger partial charge < -0.3 is 4.74 Å². The Hall–Kier alpha value is -2.27. The van der Waals surface area contributed by atoms with Crippen LogP contribution in [0.4, 0.5) is 5.13 Å². The molecule has 4 rings (SSSR count). The molecule has 2 heterocycles. The summed E-state index contributed by atoms with van der Waals surface area (Å²) in [7, 11) is -3.44. The van der Waals surface area contributed by atoms with Crippen molar-refractivity contribution in [1.82, 2.24) is 9.29 Å². The number of hydrogen-bond donors (Lipinski definition) is 1. The van der Waals surface area contributed by atoms with E-state index >= 15 is 0 Å². The Morgan fingerprint density at radius 3 is 2.45 bits per heavy atom. The number of nitrogens with one attached hydrogen (secondary N) is 1. The van der Waals surface area contributed by atoms with E-state index in [9.17, 15) is 13.2 Å². The first-order valence-electron chi connectivity index (χ1n) is 9.66. The topological polar surface area (TPSA) is 88.6 Å². The highest BCUT2D eigenvalue weighted by molar-refractivity contribution is 9.10. The van der Waals surface area contributed by atoms with Crippen LogP contribution in [0, 0.1) is 0 Å². The summed E-state index contributed by atoms with van der Waals surface area (Å²) in [5, 5.41) is 4.98. The van der Waals surface area contributed by atoms with Gasteiger partial charge in [0.05, 0.1) is 10.6 Å². The van der Waals surface area contributed by atoms with E-state index in [0.29, 0.717) is 29.7 Å². The molecule has 2 aromatic carbocycles. The number of carbonyl (C=O) groups excluding carboxylic acids is 1. The van der Waals surface area contributed by atoms with Crippen LogP contribution in [0.15, 0.2) is 63.3 Å². The number of halogens is 1. The van der Waals surface area contributed by atoms with Gasteiger partial charge in [-0.1, -0.05) is 28.1 Å². The molecular weight excluding hydrogens is 502 g/mol. The maximum Gasteiger partial charge on any atom is 0.264 e. The van der Waals surface area contributed by atoms with Crippen molar-refractivity contribution in [2.75, 3.05) is 25.0 Å². The molecule has 1 fully saturated rings. The summed E-state index contributed by atoms with van der Waals surface area (Å²) in [4.78, 5) is 16.8. The van der Waals surface area contributed by atoms with Gasteiger partial charge in [0.1, 0.15) is 5.75 Å². The first-order chi connectivity index (χ1) is 14.9. The van der Waals surface area contributed by atoms with Gasteiger partial charge in [-0.3, -0.25) is 10.1 Å². The highest BCUT2D eigenvalue weighted by Gasteiger charge is 2.27. The molecule has 10 heteroatoms. The van der Waals surface area contributed by atoms with Gasteiger partial charge in [0.15, 0.2) is 11.7 Å². The number of amides is 1. The summed E-state index contributed by atoms with van der Waals surface area (Å²) in [6, 6.07) is 13.9. The predicted octanol–water partition coefficient (Wildman–Crippen LogP) is 4.37. The second-order valence-corrected chi connectivity index (χ2v) is 10.7. The SMILES string of the molecule is O=C(COc1ccc(Br)cc1)Nc1nc(-c2ccc(S(=O)(=O)N3CCCC3)cc2)cs1. The average molecular weight is 522 g/mol. The average Bonchev–Trinajstić information content (AvgIpc) is 3.46. The lowest BCUT2D eigenvalue weighted by Crippen LogP contribution is -2.27. The summed E-state index contributed by atoms with van der Waals surface area (Å²) in [6.45, 7) is 1.02. The zero-order chi connectivity index (χ0) is 21.8. The number of benzene rings is 2.